The van der Waals surface area contributed by atoms with Gasteiger partial charge in [0.25, 0.3) is 0 Å². The number of ether oxygens (including phenoxy) is 2. The second kappa shape index (κ2) is 9.70. The van der Waals surface area contributed by atoms with Crippen molar-refractivity contribution in [3.63, 3.8) is 0 Å². The van der Waals surface area contributed by atoms with Crippen LogP contribution in [0.5, 0.6) is 11.5 Å². The third-order valence-electron chi connectivity index (χ3n) is 3.80. The molecule has 0 saturated heterocycles. The van der Waals surface area contributed by atoms with Crippen molar-refractivity contribution in [3.8, 4) is 22.8 Å². The van der Waals surface area contributed by atoms with Crippen LogP contribution in [-0.2, 0) is 11.3 Å². The summed E-state index contributed by atoms with van der Waals surface area (Å²) in [6.45, 7) is 4.87. The molecule has 0 bridgehead atoms. The maximum Gasteiger partial charge on any atom is 0.236 e. The Morgan fingerprint density at radius 1 is 1.31 bits per heavy atom. The van der Waals surface area contributed by atoms with Gasteiger partial charge in [-0.1, -0.05) is 25.6 Å². The van der Waals surface area contributed by atoms with Gasteiger partial charge in [0.05, 0.1) is 25.7 Å². The lowest BCUT2D eigenvalue weighted by Crippen LogP contribution is -2.15. The summed E-state index contributed by atoms with van der Waals surface area (Å²) in [4.78, 5) is 16.8. The molecule has 0 spiro atoms. The van der Waals surface area contributed by atoms with Crippen LogP contribution in [0.3, 0.4) is 0 Å². The molecule has 0 fully saturated rings. The van der Waals surface area contributed by atoms with Gasteiger partial charge in [0, 0.05) is 23.6 Å². The number of nitrogens with zero attached hydrogens (tertiary/aromatic N) is 5. The molecule has 0 unspecified atom stereocenters. The van der Waals surface area contributed by atoms with Gasteiger partial charge in [0.15, 0.2) is 5.13 Å². The maximum atomic E-state index is 12.3. The van der Waals surface area contributed by atoms with Crippen LogP contribution in [0.1, 0.15) is 13.8 Å². The van der Waals surface area contributed by atoms with Gasteiger partial charge in [-0.2, -0.15) is 0 Å². The highest BCUT2D eigenvalue weighted by Crippen LogP contribution is 2.34. The van der Waals surface area contributed by atoms with Crippen LogP contribution in [-0.4, -0.2) is 51.1 Å². The molecule has 2 aromatic heterocycles. The summed E-state index contributed by atoms with van der Waals surface area (Å²) in [5.41, 5.74) is 1.55. The Kier molecular flexibility index (Phi) is 7.04. The first kappa shape index (κ1) is 21.1. The van der Waals surface area contributed by atoms with E-state index in [0.717, 1.165) is 11.3 Å². The number of carbonyl (C=O) groups is 1. The molecular formula is C18H22N6O3S2. The van der Waals surface area contributed by atoms with Crippen LogP contribution in [0, 0.1) is 5.92 Å². The number of nitrogens with one attached hydrogen (secondary N) is 1. The monoisotopic (exact) mass is 434 g/mol. The quantitative estimate of drug-likeness (QED) is 0.512. The Morgan fingerprint density at radius 2 is 2.14 bits per heavy atom. The summed E-state index contributed by atoms with van der Waals surface area (Å²) in [6, 6.07) is 5.51. The summed E-state index contributed by atoms with van der Waals surface area (Å²) in [7, 11) is 3.20. The van der Waals surface area contributed by atoms with E-state index >= 15 is 0 Å². The van der Waals surface area contributed by atoms with Crippen LogP contribution >= 0.6 is 23.1 Å². The lowest BCUT2D eigenvalue weighted by Gasteiger charge is -2.08. The summed E-state index contributed by atoms with van der Waals surface area (Å²) in [5, 5.41) is 17.4. The summed E-state index contributed by atoms with van der Waals surface area (Å²) < 4.78 is 12.4. The number of hydrogen-bond acceptors (Lipinski definition) is 9. The third-order valence-corrected chi connectivity index (χ3v) is 5.52. The fourth-order valence-corrected chi connectivity index (χ4v) is 3.92. The van der Waals surface area contributed by atoms with Gasteiger partial charge >= 0.3 is 0 Å². The van der Waals surface area contributed by atoms with Crippen LogP contribution < -0.4 is 14.8 Å². The first-order valence-corrected chi connectivity index (χ1v) is 10.7. The zero-order valence-electron chi connectivity index (χ0n) is 16.6. The van der Waals surface area contributed by atoms with E-state index in [1.165, 1.54) is 23.1 Å². The predicted molar refractivity (Wildman–Crippen MR) is 113 cm³/mol. The minimum absolute atomic E-state index is 0.170. The molecule has 0 radical (unpaired) electrons. The second-order valence-electron chi connectivity index (χ2n) is 6.48. The Labute approximate surface area is 176 Å². The van der Waals surface area contributed by atoms with Crippen LogP contribution in [0.4, 0.5) is 5.13 Å². The lowest BCUT2D eigenvalue weighted by atomic mass is 10.1. The number of carbonyl (C=O) groups excluding carboxylic acids is 1. The molecule has 2 heterocycles. The molecule has 0 aliphatic rings. The van der Waals surface area contributed by atoms with Gasteiger partial charge in [-0.25, -0.2) is 9.67 Å². The first-order chi connectivity index (χ1) is 14.0. The number of thiazole rings is 1. The van der Waals surface area contributed by atoms with Crippen molar-refractivity contribution in [2.45, 2.75) is 25.5 Å². The molecule has 0 atom stereocenters. The van der Waals surface area contributed by atoms with E-state index in [1.807, 2.05) is 17.5 Å². The summed E-state index contributed by atoms with van der Waals surface area (Å²) >= 11 is 2.65. The number of methoxy groups -OCH3 is 2. The fraction of sp³-hybridized carbons (Fsp3) is 0.389. The molecule has 0 aliphatic carbocycles. The fourth-order valence-electron chi connectivity index (χ4n) is 2.51. The number of hydrogen-bond donors (Lipinski definition) is 1. The Bertz CT molecular complexity index is 972. The number of anilines is 1. The van der Waals surface area contributed by atoms with Crippen LogP contribution in [0.2, 0.25) is 0 Å². The molecule has 29 heavy (non-hydrogen) atoms. The van der Waals surface area contributed by atoms with Crippen LogP contribution in [0.15, 0.2) is 28.7 Å². The van der Waals surface area contributed by atoms with E-state index in [9.17, 15) is 4.79 Å². The topological polar surface area (TPSA) is 104 Å². The molecule has 3 aromatic rings. The van der Waals surface area contributed by atoms with Gasteiger partial charge in [0.1, 0.15) is 11.5 Å². The Morgan fingerprint density at radius 3 is 2.86 bits per heavy atom. The van der Waals surface area contributed by atoms with E-state index in [0.29, 0.717) is 34.2 Å². The zero-order valence-corrected chi connectivity index (χ0v) is 18.2. The molecule has 9 nitrogen and oxygen atoms in total. The van der Waals surface area contributed by atoms with E-state index in [4.69, 9.17) is 9.47 Å². The maximum absolute atomic E-state index is 12.3. The van der Waals surface area contributed by atoms with Gasteiger partial charge < -0.3 is 14.8 Å². The minimum Gasteiger partial charge on any atom is -0.497 e. The Balaban J connectivity index is 1.62. The van der Waals surface area contributed by atoms with E-state index in [1.54, 1.807) is 25.0 Å². The van der Waals surface area contributed by atoms with E-state index in [2.05, 4.69) is 39.7 Å². The minimum atomic E-state index is -0.170. The normalized spacial score (nSPS) is 10.9. The molecular weight excluding hydrogens is 412 g/mol. The Hall–Kier alpha value is -2.66. The van der Waals surface area contributed by atoms with Gasteiger partial charge in [-0.05, 0) is 28.5 Å². The number of tetrazole rings is 1. The lowest BCUT2D eigenvalue weighted by molar-refractivity contribution is -0.113. The summed E-state index contributed by atoms with van der Waals surface area (Å²) in [5.74, 6) is 1.79. The van der Waals surface area contributed by atoms with Gasteiger partial charge in [-0.15, -0.1) is 16.4 Å². The largest absolute Gasteiger partial charge is 0.497 e. The van der Waals surface area contributed by atoms with Crippen LogP contribution in [0.25, 0.3) is 11.3 Å². The highest BCUT2D eigenvalue weighted by molar-refractivity contribution is 7.99. The molecule has 3 rings (SSSR count). The van der Waals surface area contributed by atoms with Crippen molar-refractivity contribution in [1.29, 1.82) is 0 Å². The van der Waals surface area contributed by atoms with Crippen molar-refractivity contribution in [2.24, 2.45) is 5.92 Å². The highest BCUT2D eigenvalue weighted by Gasteiger charge is 2.14. The molecule has 0 aliphatic heterocycles. The van der Waals surface area contributed by atoms with Crippen molar-refractivity contribution in [2.75, 3.05) is 25.3 Å². The smallest absolute Gasteiger partial charge is 0.236 e. The average Bonchev–Trinajstić information content (AvgIpc) is 3.34. The number of amides is 1. The molecule has 1 amide bonds. The SMILES string of the molecule is COc1ccc(-c2csc(NC(=O)CSc3nnnn3CC(C)C)n2)c(OC)c1. The van der Waals surface area contributed by atoms with Gasteiger partial charge in [0.2, 0.25) is 11.1 Å². The zero-order chi connectivity index (χ0) is 20.8. The molecule has 1 aromatic carbocycles. The van der Waals surface area contributed by atoms with Crippen molar-refractivity contribution >= 4 is 34.1 Å². The highest BCUT2D eigenvalue weighted by atomic mass is 32.2. The molecule has 11 heteroatoms. The number of rotatable bonds is 9. The average molecular weight is 435 g/mol. The van der Waals surface area contributed by atoms with Gasteiger partial charge in [-0.3, -0.25) is 4.79 Å². The standard InChI is InChI=1S/C18H22N6O3S2/c1-11(2)8-24-18(21-22-23-24)29-10-16(25)20-17-19-14(9-28-17)13-6-5-12(26-3)7-15(13)27-4/h5-7,9,11H,8,10H2,1-4H3,(H,19,20,25). The molecule has 0 saturated carbocycles. The third kappa shape index (κ3) is 5.45. The van der Waals surface area contributed by atoms with E-state index < -0.39 is 0 Å². The number of aromatic nitrogens is 5. The van der Waals surface area contributed by atoms with Crippen molar-refractivity contribution < 1.29 is 14.3 Å². The predicted octanol–water partition coefficient (Wildman–Crippen LogP) is 3.20. The molecule has 1 N–H and O–H groups in total. The second-order valence-corrected chi connectivity index (χ2v) is 8.28. The number of thioether (sulfide) groups is 1. The summed E-state index contributed by atoms with van der Waals surface area (Å²) in [6.07, 6.45) is 0. The molecule has 154 valence electrons. The number of benzene rings is 1. The van der Waals surface area contributed by atoms with E-state index in [-0.39, 0.29) is 11.7 Å². The van der Waals surface area contributed by atoms with Crippen molar-refractivity contribution in [3.05, 3.63) is 23.6 Å². The first-order valence-electron chi connectivity index (χ1n) is 8.87. The van der Waals surface area contributed by atoms with Crippen molar-refractivity contribution in [1.82, 2.24) is 25.2 Å².